The van der Waals surface area contributed by atoms with Crippen molar-refractivity contribution >= 4 is 5.91 Å². The molecule has 0 saturated carbocycles. The Hall–Kier alpha value is -3.55. The topological polar surface area (TPSA) is 86.1 Å². The number of nitrogens with one attached hydrogen (secondary N) is 1. The number of hydrogen-bond acceptors (Lipinski definition) is 5. The molecular formula is C19H17FN4O3. The summed E-state index contributed by atoms with van der Waals surface area (Å²) in [6.45, 7) is 0.256. The molecule has 3 rings (SSSR count). The van der Waals surface area contributed by atoms with Crippen molar-refractivity contribution in [3.8, 4) is 17.0 Å². The Morgan fingerprint density at radius 1 is 1.15 bits per heavy atom. The highest BCUT2D eigenvalue weighted by molar-refractivity contribution is 5.75. The molecule has 2 heterocycles. The van der Waals surface area contributed by atoms with Crippen molar-refractivity contribution in [1.29, 1.82) is 0 Å². The quantitative estimate of drug-likeness (QED) is 0.641. The first kappa shape index (κ1) is 18.2. The number of amides is 1. The molecule has 2 aromatic heterocycles. The summed E-state index contributed by atoms with van der Waals surface area (Å²) in [5.74, 6) is -0.203. The molecule has 0 aliphatic heterocycles. The maximum absolute atomic E-state index is 12.8. The second-order valence-corrected chi connectivity index (χ2v) is 5.61. The van der Waals surface area contributed by atoms with E-state index in [0.717, 1.165) is 10.2 Å². The second kappa shape index (κ2) is 8.70. The van der Waals surface area contributed by atoms with E-state index < -0.39 is 0 Å². The Kier molecular flexibility index (Phi) is 5.88. The number of hydrogen-bond donors (Lipinski definition) is 1. The van der Waals surface area contributed by atoms with E-state index >= 15 is 0 Å². The molecule has 0 aliphatic rings. The van der Waals surface area contributed by atoms with Gasteiger partial charge in [-0.05, 0) is 42.5 Å². The fourth-order valence-electron chi connectivity index (χ4n) is 2.31. The van der Waals surface area contributed by atoms with Crippen LogP contribution in [0.4, 0.5) is 4.39 Å². The molecule has 8 heteroatoms. The average Bonchev–Trinajstić information content (AvgIpc) is 2.69. The van der Waals surface area contributed by atoms with E-state index in [1.54, 1.807) is 24.5 Å². The lowest BCUT2D eigenvalue weighted by Gasteiger charge is -2.09. The number of carbonyl (C=O) groups excluding carboxylic acids is 1. The van der Waals surface area contributed by atoms with E-state index in [-0.39, 0.29) is 37.0 Å². The normalized spacial score (nSPS) is 10.4. The van der Waals surface area contributed by atoms with Gasteiger partial charge >= 0.3 is 0 Å². The molecule has 1 aromatic carbocycles. The highest BCUT2D eigenvalue weighted by Gasteiger charge is 2.08. The number of carbonyl (C=O) groups is 1. The smallest absolute Gasteiger partial charge is 0.267 e. The van der Waals surface area contributed by atoms with Crippen LogP contribution in [0.5, 0.6) is 5.75 Å². The third kappa shape index (κ3) is 5.21. The van der Waals surface area contributed by atoms with E-state index in [4.69, 9.17) is 4.74 Å². The van der Waals surface area contributed by atoms with Crippen molar-refractivity contribution in [3.05, 3.63) is 77.1 Å². The summed E-state index contributed by atoms with van der Waals surface area (Å²) in [6, 6.07) is 12.1. The maximum atomic E-state index is 12.8. The predicted octanol–water partition coefficient (Wildman–Crippen LogP) is 1.64. The van der Waals surface area contributed by atoms with Crippen LogP contribution >= 0.6 is 0 Å². The summed E-state index contributed by atoms with van der Waals surface area (Å²) in [5, 5.41) is 6.85. The van der Waals surface area contributed by atoms with E-state index in [0.29, 0.717) is 11.4 Å². The fraction of sp³-hybridized carbons (Fsp3) is 0.158. The Balaban J connectivity index is 1.53. The molecule has 0 radical (unpaired) electrons. The van der Waals surface area contributed by atoms with E-state index in [1.165, 1.54) is 30.3 Å². The zero-order chi connectivity index (χ0) is 19.1. The van der Waals surface area contributed by atoms with Gasteiger partial charge in [0.1, 0.15) is 24.7 Å². The molecule has 0 bridgehead atoms. The van der Waals surface area contributed by atoms with Crippen LogP contribution in [0.25, 0.3) is 11.3 Å². The number of ether oxygens (including phenoxy) is 1. The van der Waals surface area contributed by atoms with Crippen LogP contribution in [0, 0.1) is 5.82 Å². The zero-order valence-corrected chi connectivity index (χ0v) is 14.3. The molecule has 138 valence electrons. The van der Waals surface area contributed by atoms with Gasteiger partial charge in [-0.1, -0.05) is 0 Å². The first-order chi connectivity index (χ1) is 13.1. The number of pyridine rings is 1. The van der Waals surface area contributed by atoms with Gasteiger partial charge in [0.2, 0.25) is 5.91 Å². The summed E-state index contributed by atoms with van der Waals surface area (Å²) in [6.07, 6.45) is 3.27. The summed E-state index contributed by atoms with van der Waals surface area (Å²) in [7, 11) is 0. The van der Waals surface area contributed by atoms with Crippen LogP contribution in [-0.4, -0.2) is 33.8 Å². The third-order valence-electron chi connectivity index (χ3n) is 3.62. The number of halogens is 1. The van der Waals surface area contributed by atoms with Gasteiger partial charge in [-0.2, -0.15) is 5.10 Å². The van der Waals surface area contributed by atoms with E-state index in [2.05, 4.69) is 15.4 Å². The largest absolute Gasteiger partial charge is 0.492 e. The highest BCUT2D eigenvalue weighted by atomic mass is 19.1. The van der Waals surface area contributed by atoms with Gasteiger partial charge in [0.05, 0.1) is 12.2 Å². The molecule has 1 N–H and O–H groups in total. The van der Waals surface area contributed by atoms with E-state index in [9.17, 15) is 14.0 Å². The fourth-order valence-corrected chi connectivity index (χ4v) is 2.31. The molecular weight excluding hydrogens is 351 g/mol. The van der Waals surface area contributed by atoms with Crippen molar-refractivity contribution < 1.29 is 13.9 Å². The Bertz CT molecular complexity index is 959. The van der Waals surface area contributed by atoms with Crippen LogP contribution in [0.1, 0.15) is 0 Å². The van der Waals surface area contributed by atoms with Crippen LogP contribution in [0.2, 0.25) is 0 Å². The number of nitrogens with zero attached hydrogens (tertiary/aromatic N) is 3. The first-order valence-corrected chi connectivity index (χ1v) is 8.25. The first-order valence-electron chi connectivity index (χ1n) is 8.25. The lowest BCUT2D eigenvalue weighted by Crippen LogP contribution is -2.35. The molecule has 0 aliphatic carbocycles. The van der Waals surface area contributed by atoms with Gasteiger partial charge in [-0.25, -0.2) is 9.07 Å². The predicted molar refractivity (Wildman–Crippen MR) is 96.6 cm³/mol. The number of benzene rings is 1. The van der Waals surface area contributed by atoms with Crippen molar-refractivity contribution in [1.82, 2.24) is 20.1 Å². The third-order valence-corrected chi connectivity index (χ3v) is 3.62. The van der Waals surface area contributed by atoms with Gasteiger partial charge in [0.25, 0.3) is 5.56 Å². The monoisotopic (exact) mass is 368 g/mol. The Morgan fingerprint density at radius 2 is 1.96 bits per heavy atom. The molecule has 3 aromatic rings. The molecule has 7 nitrogen and oxygen atoms in total. The van der Waals surface area contributed by atoms with Gasteiger partial charge in [-0.3, -0.25) is 14.6 Å². The number of rotatable bonds is 7. The molecule has 1 amide bonds. The standard InChI is InChI=1S/C19H17FN4O3/c20-15-3-5-16(6-4-15)27-11-10-22-18(25)13-24-19(26)8-7-17(23-24)14-2-1-9-21-12-14/h1-9,12H,10-11,13H2,(H,22,25). The van der Waals surface area contributed by atoms with Gasteiger partial charge in [-0.15, -0.1) is 0 Å². The lowest BCUT2D eigenvalue weighted by atomic mass is 10.2. The molecule has 27 heavy (non-hydrogen) atoms. The van der Waals surface area contributed by atoms with Crippen molar-refractivity contribution in [2.45, 2.75) is 6.54 Å². The molecule has 0 spiro atoms. The van der Waals surface area contributed by atoms with Crippen LogP contribution in [0.3, 0.4) is 0 Å². The van der Waals surface area contributed by atoms with Crippen molar-refractivity contribution in [3.63, 3.8) is 0 Å². The van der Waals surface area contributed by atoms with Crippen molar-refractivity contribution in [2.75, 3.05) is 13.2 Å². The van der Waals surface area contributed by atoms with Crippen LogP contribution < -0.4 is 15.6 Å². The van der Waals surface area contributed by atoms with Gasteiger partial charge in [0, 0.05) is 24.0 Å². The average molecular weight is 368 g/mol. The zero-order valence-electron chi connectivity index (χ0n) is 14.3. The Morgan fingerprint density at radius 3 is 2.70 bits per heavy atom. The van der Waals surface area contributed by atoms with E-state index in [1.807, 2.05) is 6.07 Å². The molecule has 0 atom stereocenters. The minimum Gasteiger partial charge on any atom is -0.492 e. The summed E-state index contributed by atoms with van der Waals surface area (Å²) < 4.78 is 19.3. The minimum absolute atomic E-state index is 0.205. The van der Waals surface area contributed by atoms with Gasteiger partial charge < -0.3 is 10.1 Å². The highest BCUT2D eigenvalue weighted by Crippen LogP contribution is 2.12. The molecule has 0 fully saturated rings. The SMILES string of the molecule is O=C(Cn1nc(-c2cccnc2)ccc1=O)NCCOc1ccc(F)cc1. The van der Waals surface area contributed by atoms with Crippen molar-refractivity contribution in [2.24, 2.45) is 0 Å². The lowest BCUT2D eigenvalue weighted by molar-refractivity contribution is -0.122. The minimum atomic E-state index is -0.375. The second-order valence-electron chi connectivity index (χ2n) is 5.61. The van der Waals surface area contributed by atoms with Crippen LogP contribution in [-0.2, 0) is 11.3 Å². The molecule has 0 saturated heterocycles. The summed E-state index contributed by atoms with van der Waals surface area (Å²) in [5.41, 5.74) is 0.926. The van der Waals surface area contributed by atoms with Gasteiger partial charge in [0.15, 0.2) is 0 Å². The summed E-state index contributed by atoms with van der Waals surface area (Å²) >= 11 is 0. The molecule has 0 unspecified atom stereocenters. The van der Waals surface area contributed by atoms with Crippen LogP contribution in [0.15, 0.2) is 65.7 Å². The summed E-state index contributed by atoms with van der Waals surface area (Å²) in [4.78, 5) is 28.0. The number of aromatic nitrogens is 3. The Labute approximate surface area is 154 Å². The maximum Gasteiger partial charge on any atom is 0.267 e.